The number of benzene rings is 3. The third-order valence-corrected chi connectivity index (χ3v) is 5.77. The number of hydrogen-bond acceptors (Lipinski definition) is 6. The van der Waals surface area contributed by atoms with Gasteiger partial charge in [0.05, 0.1) is 12.6 Å². The molecule has 0 fully saturated rings. The molecule has 0 radical (unpaired) electrons. The van der Waals surface area contributed by atoms with E-state index in [2.05, 4.69) is 0 Å². The second-order valence-corrected chi connectivity index (χ2v) is 10.4. The summed E-state index contributed by atoms with van der Waals surface area (Å²) in [6.07, 6.45) is -0.872. The van der Waals surface area contributed by atoms with E-state index in [0.29, 0.717) is 35.1 Å². The Kier molecular flexibility index (Phi) is 10.6. The number of amides is 1. The van der Waals surface area contributed by atoms with Crippen molar-refractivity contribution in [3.8, 4) is 11.5 Å². The first-order valence-corrected chi connectivity index (χ1v) is 12.9. The molecule has 0 aliphatic rings. The smallest absolute Gasteiger partial charge is 0.410 e. The molecule has 0 aromatic heterocycles. The number of carbonyl (C=O) groups is 2. The number of carboxylic acids is 1. The number of nitrogens with zero attached hydrogens (tertiary/aromatic N) is 1. The molecule has 8 nitrogen and oxygen atoms in total. The van der Waals surface area contributed by atoms with E-state index in [0.717, 1.165) is 11.1 Å². The Hall–Kier alpha value is -3.75. The summed E-state index contributed by atoms with van der Waals surface area (Å²) >= 11 is 6.06. The molecule has 2 N–H and O–H groups in total. The van der Waals surface area contributed by atoms with Gasteiger partial charge in [0.15, 0.2) is 6.61 Å². The lowest BCUT2D eigenvalue weighted by atomic mass is 10.1. The minimum absolute atomic E-state index is 0.0612. The summed E-state index contributed by atoms with van der Waals surface area (Å²) < 4.78 is 16.6. The SMILES string of the molecule is CC(C)(C)OC(=O)N(CCc1ccc(OCc2cccc(OCC(=O)O)c2)cc1)C[C@H](O)c1cccc(Cl)c1. The first-order chi connectivity index (χ1) is 18.5. The van der Waals surface area contributed by atoms with E-state index in [1.54, 1.807) is 63.2 Å². The highest BCUT2D eigenvalue weighted by molar-refractivity contribution is 6.30. The van der Waals surface area contributed by atoms with Crippen molar-refractivity contribution >= 4 is 23.7 Å². The van der Waals surface area contributed by atoms with Crippen molar-refractivity contribution < 1.29 is 34.0 Å². The number of carboxylic acid groups (broad SMARTS) is 1. The molecule has 0 saturated carbocycles. The molecular weight excluding hydrogens is 522 g/mol. The Labute approximate surface area is 233 Å². The van der Waals surface area contributed by atoms with E-state index in [1.165, 1.54) is 4.90 Å². The van der Waals surface area contributed by atoms with Crippen LogP contribution in [0.5, 0.6) is 11.5 Å². The van der Waals surface area contributed by atoms with Gasteiger partial charge in [-0.25, -0.2) is 9.59 Å². The van der Waals surface area contributed by atoms with Gasteiger partial charge in [0.25, 0.3) is 0 Å². The fraction of sp³-hybridized carbons (Fsp3) is 0.333. The van der Waals surface area contributed by atoms with Crippen LogP contribution in [0.2, 0.25) is 5.02 Å². The third-order valence-electron chi connectivity index (χ3n) is 5.54. The fourth-order valence-electron chi connectivity index (χ4n) is 3.66. The summed E-state index contributed by atoms with van der Waals surface area (Å²) in [6, 6.07) is 21.5. The molecule has 0 heterocycles. The van der Waals surface area contributed by atoms with Gasteiger partial charge in [0, 0.05) is 11.6 Å². The highest BCUT2D eigenvalue weighted by Gasteiger charge is 2.24. The number of hydrogen-bond donors (Lipinski definition) is 2. The summed E-state index contributed by atoms with van der Waals surface area (Å²) in [5, 5.41) is 20.0. The van der Waals surface area contributed by atoms with E-state index in [9.17, 15) is 14.7 Å². The van der Waals surface area contributed by atoms with E-state index in [-0.39, 0.29) is 13.2 Å². The molecule has 0 saturated heterocycles. The molecule has 0 bridgehead atoms. The van der Waals surface area contributed by atoms with E-state index in [4.69, 9.17) is 30.9 Å². The Balaban J connectivity index is 1.58. The zero-order valence-electron chi connectivity index (χ0n) is 22.3. The van der Waals surface area contributed by atoms with Crippen molar-refractivity contribution in [2.45, 2.75) is 45.5 Å². The highest BCUT2D eigenvalue weighted by Crippen LogP contribution is 2.21. The van der Waals surface area contributed by atoms with Crippen LogP contribution in [0.3, 0.4) is 0 Å². The molecule has 0 aliphatic heterocycles. The van der Waals surface area contributed by atoms with Gasteiger partial charge in [-0.3, -0.25) is 0 Å². The van der Waals surface area contributed by atoms with Crippen molar-refractivity contribution in [3.05, 3.63) is 94.5 Å². The Bertz CT molecular complexity index is 1240. The number of ether oxygens (including phenoxy) is 3. The Morgan fingerprint density at radius 2 is 1.64 bits per heavy atom. The molecule has 3 aromatic rings. The van der Waals surface area contributed by atoms with Crippen LogP contribution in [0, 0.1) is 0 Å². The second kappa shape index (κ2) is 13.9. The largest absolute Gasteiger partial charge is 0.489 e. The van der Waals surface area contributed by atoms with Gasteiger partial charge in [-0.1, -0.05) is 48.0 Å². The molecule has 1 atom stereocenters. The second-order valence-electron chi connectivity index (χ2n) is 10.0. The molecule has 3 rings (SSSR count). The van der Waals surface area contributed by atoms with Crippen LogP contribution in [0.1, 0.15) is 43.6 Å². The van der Waals surface area contributed by atoms with Crippen LogP contribution >= 0.6 is 11.6 Å². The monoisotopic (exact) mass is 555 g/mol. The number of aliphatic carboxylic acids is 1. The van der Waals surface area contributed by atoms with Crippen molar-refractivity contribution in [3.63, 3.8) is 0 Å². The zero-order valence-corrected chi connectivity index (χ0v) is 23.1. The minimum atomic E-state index is -1.04. The number of halogens is 1. The molecule has 3 aromatic carbocycles. The molecule has 0 aliphatic carbocycles. The molecular formula is C30H34ClNO7. The average Bonchev–Trinajstić information content (AvgIpc) is 2.88. The lowest BCUT2D eigenvalue weighted by molar-refractivity contribution is -0.139. The molecule has 9 heteroatoms. The zero-order chi connectivity index (χ0) is 28.4. The summed E-state index contributed by atoms with van der Waals surface area (Å²) in [6.45, 7) is 5.69. The predicted octanol–water partition coefficient (Wildman–Crippen LogP) is 5.90. The number of rotatable bonds is 12. The Morgan fingerprint density at radius 1 is 0.923 bits per heavy atom. The van der Waals surface area contributed by atoms with Crippen molar-refractivity contribution in [2.75, 3.05) is 19.7 Å². The fourth-order valence-corrected chi connectivity index (χ4v) is 3.86. The number of carbonyl (C=O) groups excluding carboxylic acids is 1. The van der Waals surface area contributed by atoms with E-state index in [1.807, 2.05) is 30.3 Å². The minimum Gasteiger partial charge on any atom is -0.489 e. The van der Waals surface area contributed by atoms with Crippen LogP contribution in [-0.4, -0.2) is 52.5 Å². The lowest BCUT2D eigenvalue weighted by Crippen LogP contribution is -2.40. The van der Waals surface area contributed by atoms with Crippen LogP contribution < -0.4 is 9.47 Å². The Morgan fingerprint density at radius 3 is 2.31 bits per heavy atom. The van der Waals surface area contributed by atoms with Gasteiger partial charge in [0.1, 0.15) is 23.7 Å². The molecule has 0 unspecified atom stereocenters. The maximum Gasteiger partial charge on any atom is 0.410 e. The lowest BCUT2D eigenvalue weighted by Gasteiger charge is -2.29. The molecule has 39 heavy (non-hydrogen) atoms. The number of aliphatic hydroxyl groups is 1. The van der Waals surface area contributed by atoms with E-state index >= 15 is 0 Å². The summed E-state index contributed by atoms with van der Waals surface area (Å²) in [5.41, 5.74) is 1.78. The van der Waals surface area contributed by atoms with Crippen molar-refractivity contribution in [1.29, 1.82) is 0 Å². The van der Waals surface area contributed by atoms with Crippen molar-refractivity contribution in [1.82, 2.24) is 4.90 Å². The first-order valence-electron chi connectivity index (χ1n) is 12.6. The third kappa shape index (κ3) is 10.5. The summed E-state index contributed by atoms with van der Waals surface area (Å²) in [7, 11) is 0. The van der Waals surface area contributed by atoms with Gasteiger partial charge >= 0.3 is 12.1 Å². The maximum atomic E-state index is 12.9. The maximum absolute atomic E-state index is 12.9. The van der Waals surface area contributed by atoms with Crippen LogP contribution in [-0.2, 0) is 22.6 Å². The quantitative estimate of drug-likeness (QED) is 0.287. The molecule has 0 spiro atoms. The molecule has 1 amide bonds. The van der Waals surface area contributed by atoms with Gasteiger partial charge in [-0.2, -0.15) is 0 Å². The molecule has 208 valence electrons. The normalized spacial score (nSPS) is 11.9. The number of aliphatic hydroxyl groups excluding tert-OH is 1. The van der Waals surface area contributed by atoms with Crippen LogP contribution in [0.4, 0.5) is 4.79 Å². The standard InChI is InChI=1S/C30H34ClNO7/c1-30(2,3)39-29(36)32(18-27(33)23-7-5-8-24(31)17-23)15-14-21-10-12-25(13-11-21)37-19-22-6-4-9-26(16-22)38-20-28(34)35/h4-13,16-17,27,33H,14-15,18-20H2,1-3H3,(H,34,35)/t27-/m0/s1. The highest BCUT2D eigenvalue weighted by atomic mass is 35.5. The summed E-state index contributed by atoms with van der Waals surface area (Å²) in [4.78, 5) is 25.1. The van der Waals surface area contributed by atoms with Gasteiger partial charge < -0.3 is 29.3 Å². The first kappa shape index (κ1) is 29.8. The van der Waals surface area contributed by atoms with Gasteiger partial charge in [0.2, 0.25) is 0 Å². The average molecular weight is 556 g/mol. The van der Waals surface area contributed by atoms with Crippen LogP contribution in [0.15, 0.2) is 72.8 Å². The van der Waals surface area contributed by atoms with Gasteiger partial charge in [-0.15, -0.1) is 0 Å². The van der Waals surface area contributed by atoms with Crippen molar-refractivity contribution in [2.24, 2.45) is 0 Å². The van der Waals surface area contributed by atoms with Crippen LogP contribution in [0.25, 0.3) is 0 Å². The summed E-state index contributed by atoms with van der Waals surface area (Å²) in [5.74, 6) is 0.0862. The topological polar surface area (TPSA) is 106 Å². The van der Waals surface area contributed by atoms with Gasteiger partial charge in [-0.05, 0) is 80.3 Å². The predicted molar refractivity (Wildman–Crippen MR) is 148 cm³/mol. The van der Waals surface area contributed by atoms with E-state index < -0.39 is 30.4 Å².